The number of hydrazone groups is 1. The molecule has 6 nitrogen and oxygen atoms in total. The maximum Gasteiger partial charge on any atom is 0.291 e. The van der Waals surface area contributed by atoms with Crippen LogP contribution < -0.4 is 5.43 Å². The first-order chi connectivity index (χ1) is 10.2. The van der Waals surface area contributed by atoms with Gasteiger partial charge < -0.3 is 4.40 Å². The predicted octanol–water partition coefficient (Wildman–Crippen LogP) is 1.80. The average molecular weight is 279 g/mol. The third-order valence-corrected chi connectivity index (χ3v) is 3.06. The highest BCUT2D eigenvalue weighted by molar-refractivity contribution is 5.93. The predicted molar refractivity (Wildman–Crippen MR) is 79.2 cm³/mol. The Labute approximate surface area is 121 Å². The second-order valence-electron chi connectivity index (χ2n) is 4.52. The highest BCUT2D eigenvalue weighted by atomic mass is 16.2. The number of benzene rings is 1. The van der Waals surface area contributed by atoms with E-state index in [1.807, 2.05) is 31.2 Å². The van der Waals surface area contributed by atoms with Gasteiger partial charge in [0.05, 0.1) is 12.4 Å². The quantitative estimate of drug-likeness (QED) is 0.587. The number of imidazole rings is 1. The Morgan fingerprint density at radius 1 is 1.38 bits per heavy atom. The van der Waals surface area contributed by atoms with Crippen molar-refractivity contribution in [3.05, 3.63) is 65.9 Å². The van der Waals surface area contributed by atoms with Gasteiger partial charge in [-0.15, -0.1) is 0 Å². The standard InChI is InChI=1S/C15H13N5O/c1-11-4-2-3-5-12(11)8-17-19-15(21)13-10-20-7-6-16-9-14(20)18-13/h2-10H,1H3,(H,19,21)/b17-8+. The zero-order valence-corrected chi connectivity index (χ0v) is 11.4. The van der Waals surface area contributed by atoms with Crippen LogP contribution in [-0.2, 0) is 0 Å². The molecule has 0 spiro atoms. The summed E-state index contributed by atoms with van der Waals surface area (Å²) in [5.74, 6) is -0.358. The van der Waals surface area contributed by atoms with E-state index in [0.29, 0.717) is 11.3 Å². The number of nitrogens with zero attached hydrogens (tertiary/aromatic N) is 4. The molecule has 0 unspecified atom stereocenters. The summed E-state index contributed by atoms with van der Waals surface area (Å²) in [6, 6.07) is 7.79. The summed E-state index contributed by atoms with van der Waals surface area (Å²) in [5, 5.41) is 3.96. The van der Waals surface area contributed by atoms with E-state index >= 15 is 0 Å². The molecule has 0 bridgehead atoms. The molecule has 0 aliphatic rings. The number of nitrogens with one attached hydrogen (secondary N) is 1. The number of aromatic nitrogens is 3. The molecule has 0 aliphatic carbocycles. The molecular weight excluding hydrogens is 266 g/mol. The molecule has 1 N–H and O–H groups in total. The number of fused-ring (bicyclic) bond motifs is 1. The molecule has 2 aromatic heterocycles. The van der Waals surface area contributed by atoms with E-state index in [1.54, 1.807) is 35.4 Å². The lowest BCUT2D eigenvalue weighted by molar-refractivity contribution is 0.0951. The molecule has 0 atom stereocenters. The second-order valence-corrected chi connectivity index (χ2v) is 4.52. The van der Waals surface area contributed by atoms with Gasteiger partial charge in [0.2, 0.25) is 0 Å². The molecule has 3 aromatic rings. The lowest BCUT2D eigenvalue weighted by Crippen LogP contribution is -2.18. The summed E-state index contributed by atoms with van der Waals surface area (Å²) < 4.78 is 1.73. The molecule has 1 amide bonds. The summed E-state index contributed by atoms with van der Waals surface area (Å²) >= 11 is 0. The Morgan fingerprint density at radius 3 is 3.05 bits per heavy atom. The minimum Gasteiger partial charge on any atom is -0.303 e. The van der Waals surface area contributed by atoms with E-state index in [-0.39, 0.29) is 5.91 Å². The van der Waals surface area contributed by atoms with Gasteiger partial charge in [0.1, 0.15) is 5.69 Å². The SMILES string of the molecule is Cc1ccccc1/C=N/NC(=O)c1cn2ccncc2n1. The van der Waals surface area contributed by atoms with Gasteiger partial charge in [0.25, 0.3) is 5.91 Å². The first-order valence-corrected chi connectivity index (χ1v) is 6.42. The normalized spacial score (nSPS) is 11.1. The third-order valence-electron chi connectivity index (χ3n) is 3.06. The van der Waals surface area contributed by atoms with Crippen LogP contribution in [0, 0.1) is 6.92 Å². The number of aryl methyl sites for hydroxylation is 1. The van der Waals surface area contributed by atoms with Gasteiger partial charge >= 0.3 is 0 Å². The van der Waals surface area contributed by atoms with Crippen molar-refractivity contribution >= 4 is 17.8 Å². The van der Waals surface area contributed by atoms with Gasteiger partial charge in [-0.2, -0.15) is 5.10 Å². The summed E-state index contributed by atoms with van der Waals surface area (Å²) in [6.45, 7) is 1.98. The zero-order chi connectivity index (χ0) is 14.7. The molecule has 0 aliphatic heterocycles. The van der Waals surface area contributed by atoms with Crippen LogP contribution in [0.2, 0.25) is 0 Å². The van der Waals surface area contributed by atoms with E-state index in [0.717, 1.165) is 11.1 Å². The largest absolute Gasteiger partial charge is 0.303 e. The number of carbonyl (C=O) groups is 1. The van der Waals surface area contributed by atoms with Gasteiger partial charge in [-0.05, 0) is 18.1 Å². The van der Waals surface area contributed by atoms with Crippen molar-refractivity contribution in [2.75, 3.05) is 0 Å². The second kappa shape index (κ2) is 5.54. The van der Waals surface area contributed by atoms with E-state index in [4.69, 9.17) is 0 Å². The Bertz CT molecular complexity index is 789. The van der Waals surface area contributed by atoms with Crippen LogP contribution in [0.25, 0.3) is 5.65 Å². The summed E-state index contributed by atoms with van der Waals surface area (Å²) in [7, 11) is 0. The van der Waals surface area contributed by atoms with Gasteiger partial charge in [-0.1, -0.05) is 24.3 Å². The van der Waals surface area contributed by atoms with Crippen molar-refractivity contribution in [3.8, 4) is 0 Å². The molecule has 3 rings (SSSR count). The number of rotatable bonds is 3. The molecule has 2 heterocycles. The minimum atomic E-state index is -0.358. The first-order valence-electron chi connectivity index (χ1n) is 6.42. The molecule has 21 heavy (non-hydrogen) atoms. The smallest absolute Gasteiger partial charge is 0.291 e. The summed E-state index contributed by atoms with van der Waals surface area (Å²) in [5.41, 5.74) is 5.43. The van der Waals surface area contributed by atoms with Crippen molar-refractivity contribution < 1.29 is 4.79 Å². The highest BCUT2D eigenvalue weighted by Gasteiger charge is 2.09. The van der Waals surface area contributed by atoms with Gasteiger partial charge in [0, 0.05) is 18.6 Å². The monoisotopic (exact) mass is 279 g/mol. The van der Waals surface area contributed by atoms with Crippen molar-refractivity contribution in [1.29, 1.82) is 0 Å². The molecule has 6 heteroatoms. The lowest BCUT2D eigenvalue weighted by Gasteiger charge is -1.98. The summed E-state index contributed by atoms with van der Waals surface area (Å²) in [6.07, 6.45) is 8.20. The molecule has 104 valence electrons. The molecule has 0 radical (unpaired) electrons. The zero-order valence-electron chi connectivity index (χ0n) is 11.4. The van der Waals surface area contributed by atoms with E-state index in [9.17, 15) is 4.79 Å². The van der Waals surface area contributed by atoms with Crippen molar-refractivity contribution in [3.63, 3.8) is 0 Å². The molecule has 0 saturated heterocycles. The number of hydrogen-bond acceptors (Lipinski definition) is 4. The maximum absolute atomic E-state index is 12.0. The Balaban J connectivity index is 1.73. The third kappa shape index (κ3) is 2.79. The Kier molecular flexibility index (Phi) is 3.42. The van der Waals surface area contributed by atoms with Crippen LogP contribution in [0.5, 0.6) is 0 Å². The highest BCUT2D eigenvalue weighted by Crippen LogP contribution is 2.04. The van der Waals surface area contributed by atoms with Crippen molar-refractivity contribution in [2.24, 2.45) is 5.10 Å². The van der Waals surface area contributed by atoms with E-state index < -0.39 is 0 Å². The lowest BCUT2D eigenvalue weighted by atomic mass is 10.1. The first kappa shape index (κ1) is 13.0. The number of carbonyl (C=O) groups excluding carboxylic acids is 1. The fourth-order valence-corrected chi connectivity index (χ4v) is 1.90. The van der Waals surface area contributed by atoms with E-state index in [2.05, 4.69) is 20.5 Å². The average Bonchev–Trinajstić information content (AvgIpc) is 2.93. The Hall–Kier alpha value is -3.02. The topological polar surface area (TPSA) is 71.7 Å². The van der Waals surface area contributed by atoms with Crippen LogP contribution in [-0.4, -0.2) is 26.5 Å². The minimum absolute atomic E-state index is 0.296. The van der Waals surface area contributed by atoms with Crippen LogP contribution in [0.1, 0.15) is 21.6 Å². The molecule has 0 saturated carbocycles. The van der Waals surface area contributed by atoms with Gasteiger partial charge in [-0.3, -0.25) is 9.78 Å². The van der Waals surface area contributed by atoms with Crippen molar-refractivity contribution in [2.45, 2.75) is 6.92 Å². The number of amides is 1. The number of hydrogen-bond donors (Lipinski definition) is 1. The fraction of sp³-hybridized carbons (Fsp3) is 0.0667. The van der Waals surface area contributed by atoms with Gasteiger partial charge in [-0.25, -0.2) is 10.4 Å². The van der Waals surface area contributed by atoms with Crippen LogP contribution in [0.3, 0.4) is 0 Å². The van der Waals surface area contributed by atoms with E-state index in [1.165, 1.54) is 0 Å². The summed E-state index contributed by atoms with van der Waals surface area (Å²) in [4.78, 5) is 20.1. The van der Waals surface area contributed by atoms with Crippen LogP contribution in [0.15, 0.2) is 54.2 Å². The van der Waals surface area contributed by atoms with Crippen LogP contribution in [0.4, 0.5) is 0 Å². The van der Waals surface area contributed by atoms with Gasteiger partial charge in [0.15, 0.2) is 5.65 Å². The maximum atomic E-state index is 12.0. The van der Waals surface area contributed by atoms with Crippen molar-refractivity contribution in [1.82, 2.24) is 19.8 Å². The fourth-order valence-electron chi connectivity index (χ4n) is 1.90. The molecule has 0 fully saturated rings. The molecular formula is C15H13N5O. The van der Waals surface area contributed by atoms with Crippen LogP contribution >= 0.6 is 0 Å². The Morgan fingerprint density at radius 2 is 2.24 bits per heavy atom. The molecule has 1 aromatic carbocycles.